The summed E-state index contributed by atoms with van der Waals surface area (Å²) in [5.74, 6) is 0. The van der Waals surface area contributed by atoms with Gasteiger partial charge in [-0.25, -0.2) is 4.98 Å². The number of pyridine rings is 1. The van der Waals surface area contributed by atoms with Gasteiger partial charge in [0.1, 0.15) is 5.65 Å². The smallest absolute Gasteiger partial charge is 0.138 e. The molecule has 0 aromatic carbocycles. The molecule has 0 aliphatic carbocycles. The van der Waals surface area contributed by atoms with Crippen molar-refractivity contribution in [3.63, 3.8) is 0 Å². The number of morpholine rings is 1. The van der Waals surface area contributed by atoms with Gasteiger partial charge >= 0.3 is 0 Å². The molecule has 1 aliphatic heterocycles. The van der Waals surface area contributed by atoms with Gasteiger partial charge in [-0.15, -0.1) is 0 Å². The quantitative estimate of drug-likeness (QED) is 0.868. The van der Waals surface area contributed by atoms with Crippen molar-refractivity contribution in [2.45, 2.75) is 6.42 Å². The van der Waals surface area contributed by atoms with Crippen LogP contribution in [0.1, 0.15) is 5.69 Å². The van der Waals surface area contributed by atoms with Gasteiger partial charge in [-0.1, -0.05) is 15.9 Å². The molecule has 5 heteroatoms. The minimum Gasteiger partial charge on any atom is -0.379 e. The Morgan fingerprint density at radius 1 is 1.33 bits per heavy atom. The molecule has 3 heterocycles. The van der Waals surface area contributed by atoms with Crippen LogP contribution < -0.4 is 0 Å². The summed E-state index contributed by atoms with van der Waals surface area (Å²) in [7, 11) is 0. The van der Waals surface area contributed by atoms with E-state index in [0.717, 1.165) is 55.1 Å². The van der Waals surface area contributed by atoms with E-state index >= 15 is 0 Å². The molecule has 2 aromatic rings. The second-order valence-corrected chi connectivity index (χ2v) is 5.46. The Morgan fingerprint density at radius 2 is 2.17 bits per heavy atom. The Kier molecular flexibility index (Phi) is 3.63. The van der Waals surface area contributed by atoms with Crippen LogP contribution in [-0.4, -0.2) is 47.1 Å². The summed E-state index contributed by atoms with van der Waals surface area (Å²) in [6, 6.07) is 4.07. The van der Waals surface area contributed by atoms with E-state index in [1.807, 2.05) is 18.3 Å². The van der Waals surface area contributed by atoms with E-state index in [1.165, 1.54) is 0 Å². The van der Waals surface area contributed by atoms with Crippen molar-refractivity contribution >= 4 is 21.6 Å². The Bertz CT molecular complexity index is 534. The van der Waals surface area contributed by atoms with Gasteiger partial charge in [-0.05, 0) is 12.1 Å². The largest absolute Gasteiger partial charge is 0.379 e. The zero-order chi connectivity index (χ0) is 12.4. The highest BCUT2D eigenvalue weighted by atomic mass is 79.9. The molecule has 1 saturated heterocycles. The molecule has 2 aromatic heterocycles. The highest BCUT2D eigenvalue weighted by molar-refractivity contribution is 9.10. The van der Waals surface area contributed by atoms with E-state index in [9.17, 15) is 0 Å². The topological polar surface area (TPSA) is 29.8 Å². The van der Waals surface area contributed by atoms with Crippen LogP contribution in [0.5, 0.6) is 0 Å². The molecule has 0 radical (unpaired) electrons. The lowest BCUT2D eigenvalue weighted by atomic mass is 10.3. The number of halogens is 1. The fraction of sp³-hybridized carbons (Fsp3) is 0.462. The standard InChI is InChI=1S/C13H16BrN3O/c14-11-1-4-17-10-12(15-13(17)9-11)2-3-16-5-7-18-8-6-16/h1,4,9-10H,2-3,5-8H2. The highest BCUT2D eigenvalue weighted by Gasteiger charge is 2.11. The molecule has 1 aliphatic rings. The summed E-state index contributed by atoms with van der Waals surface area (Å²) in [5, 5.41) is 0. The number of imidazole rings is 1. The molecule has 0 saturated carbocycles. The summed E-state index contributed by atoms with van der Waals surface area (Å²) >= 11 is 3.47. The van der Waals surface area contributed by atoms with E-state index in [4.69, 9.17) is 4.74 Å². The first kappa shape index (κ1) is 12.1. The van der Waals surface area contributed by atoms with Crippen LogP contribution in [0.15, 0.2) is 29.0 Å². The number of hydrogen-bond donors (Lipinski definition) is 0. The van der Waals surface area contributed by atoms with E-state index < -0.39 is 0 Å². The number of hydrogen-bond acceptors (Lipinski definition) is 3. The Balaban J connectivity index is 1.67. The first-order chi connectivity index (χ1) is 8.81. The summed E-state index contributed by atoms with van der Waals surface area (Å²) in [6.07, 6.45) is 5.15. The summed E-state index contributed by atoms with van der Waals surface area (Å²) in [6.45, 7) is 4.86. The molecule has 18 heavy (non-hydrogen) atoms. The summed E-state index contributed by atoms with van der Waals surface area (Å²) < 4.78 is 8.48. The lowest BCUT2D eigenvalue weighted by molar-refractivity contribution is 0.0383. The molecular weight excluding hydrogens is 294 g/mol. The van der Waals surface area contributed by atoms with Gasteiger partial charge in [0.15, 0.2) is 0 Å². The van der Waals surface area contributed by atoms with Crippen LogP contribution in [0.4, 0.5) is 0 Å². The van der Waals surface area contributed by atoms with Crippen LogP contribution in [0.25, 0.3) is 5.65 Å². The monoisotopic (exact) mass is 309 g/mol. The van der Waals surface area contributed by atoms with Crippen LogP contribution >= 0.6 is 15.9 Å². The normalized spacial score (nSPS) is 17.4. The molecule has 0 amide bonds. The second kappa shape index (κ2) is 5.38. The van der Waals surface area contributed by atoms with Gasteiger partial charge in [0.2, 0.25) is 0 Å². The van der Waals surface area contributed by atoms with Crippen molar-refractivity contribution in [1.82, 2.24) is 14.3 Å². The minimum atomic E-state index is 0.859. The predicted octanol–water partition coefficient (Wildman–Crippen LogP) is 1.97. The Labute approximate surface area is 115 Å². The maximum Gasteiger partial charge on any atom is 0.138 e. The van der Waals surface area contributed by atoms with E-state index in [0.29, 0.717) is 0 Å². The number of aromatic nitrogens is 2. The molecule has 96 valence electrons. The van der Waals surface area contributed by atoms with Crippen molar-refractivity contribution in [2.75, 3.05) is 32.8 Å². The van der Waals surface area contributed by atoms with Crippen LogP contribution in [0.2, 0.25) is 0 Å². The molecule has 0 bridgehead atoms. The fourth-order valence-corrected chi connectivity index (χ4v) is 2.55. The van der Waals surface area contributed by atoms with Gasteiger partial charge in [-0.2, -0.15) is 0 Å². The maximum atomic E-state index is 5.35. The average Bonchev–Trinajstić information content (AvgIpc) is 2.79. The summed E-state index contributed by atoms with van der Waals surface area (Å²) in [5.41, 5.74) is 2.15. The third kappa shape index (κ3) is 2.74. The van der Waals surface area contributed by atoms with Crippen LogP contribution in [0, 0.1) is 0 Å². The molecule has 0 N–H and O–H groups in total. The second-order valence-electron chi connectivity index (χ2n) is 4.55. The number of fused-ring (bicyclic) bond motifs is 1. The van der Waals surface area contributed by atoms with Crippen LogP contribution in [-0.2, 0) is 11.2 Å². The third-order valence-electron chi connectivity index (χ3n) is 3.26. The Morgan fingerprint density at radius 3 is 3.00 bits per heavy atom. The van der Waals surface area contributed by atoms with Gasteiger partial charge in [0, 0.05) is 42.9 Å². The number of nitrogens with zero attached hydrogens (tertiary/aromatic N) is 3. The van der Waals surface area contributed by atoms with E-state index in [2.05, 4.69) is 36.4 Å². The van der Waals surface area contributed by atoms with Gasteiger partial charge in [-0.3, -0.25) is 4.90 Å². The lowest BCUT2D eigenvalue weighted by Crippen LogP contribution is -2.37. The van der Waals surface area contributed by atoms with E-state index in [1.54, 1.807) is 0 Å². The zero-order valence-electron chi connectivity index (χ0n) is 10.2. The van der Waals surface area contributed by atoms with Crippen molar-refractivity contribution in [2.24, 2.45) is 0 Å². The average molecular weight is 310 g/mol. The van der Waals surface area contributed by atoms with Crippen LogP contribution in [0.3, 0.4) is 0 Å². The molecule has 0 unspecified atom stereocenters. The molecule has 0 atom stereocenters. The van der Waals surface area contributed by atoms with Crippen molar-refractivity contribution < 1.29 is 4.74 Å². The highest BCUT2D eigenvalue weighted by Crippen LogP contribution is 2.13. The minimum absolute atomic E-state index is 0.859. The lowest BCUT2D eigenvalue weighted by Gasteiger charge is -2.26. The van der Waals surface area contributed by atoms with Gasteiger partial charge in [0.25, 0.3) is 0 Å². The van der Waals surface area contributed by atoms with Crippen molar-refractivity contribution in [3.05, 3.63) is 34.7 Å². The molecule has 4 nitrogen and oxygen atoms in total. The fourth-order valence-electron chi connectivity index (χ4n) is 2.23. The first-order valence-electron chi connectivity index (χ1n) is 6.24. The Hall–Kier alpha value is -0.910. The predicted molar refractivity (Wildman–Crippen MR) is 73.9 cm³/mol. The molecule has 1 fully saturated rings. The van der Waals surface area contributed by atoms with Crippen molar-refractivity contribution in [3.8, 4) is 0 Å². The number of ether oxygens (including phenoxy) is 1. The molecular formula is C13H16BrN3O. The zero-order valence-corrected chi connectivity index (χ0v) is 11.8. The van der Waals surface area contributed by atoms with Gasteiger partial charge < -0.3 is 9.14 Å². The maximum absolute atomic E-state index is 5.35. The molecule has 0 spiro atoms. The third-order valence-corrected chi connectivity index (χ3v) is 3.75. The number of rotatable bonds is 3. The first-order valence-corrected chi connectivity index (χ1v) is 7.04. The van der Waals surface area contributed by atoms with E-state index in [-0.39, 0.29) is 0 Å². The molecule has 3 rings (SSSR count). The SMILES string of the molecule is Brc1ccn2cc(CCN3CCOCC3)nc2c1. The van der Waals surface area contributed by atoms with Crippen molar-refractivity contribution in [1.29, 1.82) is 0 Å². The summed E-state index contributed by atoms with van der Waals surface area (Å²) in [4.78, 5) is 7.07. The van der Waals surface area contributed by atoms with Gasteiger partial charge in [0.05, 0.1) is 18.9 Å².